The van der Waals surface area contributed by atoms with Crippen molar-refractivity contribution in [2.45, 2.75) is 27.2 Å². The van der Waals surface area contributed by atoms with Crippen molar-refractivity contribution in [2.75, 3.05) is 0 Å². The van der Waals surface area contributed by atoms with Crippen LogP contribution in [0.15, 0.2) is 11.3 Å². The highest BCUT2D eigenvalue weighted by atomic mass is 16.1. The fourth-order valence-corrected chi connectivity index (χ4v) is 2.72. The standard InChI is InChI=1S/C10H15NO/c1-5-6-4-7(10(6,2)3)9(12)8(5)11/h6-7H,4,11H2,1-3H3/p+1/t6-,7?/m1/s1. The third kappa shape index (κ3) is 0.667. The first-order chi connectivity index (χ1) is 5.46. The molecule has 0 saturated heterocycles. The van der Waals surface area contributed by atoms with Gasteiger partial charge < -0.3 is 5.73 Å². The van der Waals surface area contributed by atoms with Gasteiger partial charge >= 0.3 is 0 Å². The molecule has 12 heavy (non-hydrogen) atoms. The quantitative estimate of drug-likeness (QED) is 0.567. The Morgan fingerprint density at radius 1 is 1.42 bits per heavy atom. The highest BCUT2D eigenvalue weighted by Crippen LogP contribution is 2.58. The van der Waals surface area contributed by atoms with Crippen LogP contribution >= 0.6 is 0 Å². The molecule has 2 nitrogen and oxygen atoms in total. The van der Waals surface area contributed by atoms with Crippen molar-refractivity contribution in [3.05, 3.63) is 11.3 Å². The summed E-state index contributed by atoms with van der Waals surface area (Å²) < 4.78 is 0. The Morgan fingerprint density at radius 3 is 2.42 bits per heavy atom. The van der Waals surface area contributed by atoms with Crippen LogP contribution in [0.5, 0.6) is 0 Å². The summed E-state index contributed by atoms with van der Waals surface area (Å²) in [7, 11) is 0. The average Bonchev–Trinajstić information content (AvgIpc) is 1.98. The van der Waals surface area contributed by atoms with Crippen molar-refractivity contribution in [2.24, 2.45) is 17.3 Å². The zero-order valence-electron chi connectivity index (χ0n) is 7.98. The van der Waals surface area contributed by atoms with E-state index in [-0.39, 0.29) is 11.3 Å². The molecule has 0 aromatic heterocycles. The number of hydrogen-bond acceptors (Lipinski definition) is 1. The zero-order chi connectivity index (χ0) is 9.09. The van der Waals surface area contributed by atoms with Gasteiger partial charge in [0.15, 0.2) is 5.70 Å². The lowest BCUT2D eigenvalue weighted by Gasteiger charge is -2.54. The van der Waals surface area contributed by atoms with Crippen molar-refractivity contribution in [1.82, 2.24) is 0 Å². The number of fused-ring (bicyclic) bond motifs is 1. The van der Waals surface area contributed by atoms with Crippen LogP contribution in [0.3, 0.4) is 0 Å². The molecule has 3 N–H and O–H groups in total. The van der Waals surface area contributed by atoms with Crippen LogP contribution in [0, 0.1) is 17.3 Å². The van der Waals surface area contributed by atoms with Gasteiger partial charge in [-0.2, -0.15) is 0 Å². The lowest BCUT2D eigenvalue weighted by Crippen LogP contribution is -2.63. The molecule has 0 aromatic carbocycles. The Hall–Kier alpha value is -0.630. The highest BCUT2D eigenvalue weighted by Gasteiger charge is 2.57. The summed E-state index contributed by atoms with van der Waals surface area (Å²) in [5.41, 5.74) is 6.06. The van der Waals surface area contributed by atoms with Crippen molar-refractivity contribution in [3.8, 4) is 0 Å². The molecule has 2 heteroatoms. The van der Waals surface area contributed by atoms with E-state index in [2.05, 4.69) is 26.5 Å². The molecule has 3 aliphatic carbocycles. The van der Waals surface area contributed by atoms with Crippen molar-refractivity contribution < 1.29 is 10.5 Å². The van der Waals surface area contributed by atoms with Gasteiger partial charge in [0.25, 0.3) is 0 Å². The molecule has 0 spiro atoms. The van der Waals surface area contributed by atoms with Gasteiger partial charge in [0.05, 0.1) is 0 Å². The lowest BCUT2D eigenvalue weighted by atomic mass is 9.48. The number of hydrogen-bond donors (Lipinski definition) is 1. The van der Waals surface area contributed by atoms with Crippen LogP contribution in [0.25, 0.3) is 0 Å². The SMILES string of the molecule is CC1=C([NH3+])C(=O)C2C[C@H]1C2(C)C. The number of carbonyl (C=O) groups excluding carboxylic acids is 1. The van der Waals surface area contributed by atoms with E-state index in [1.807, 2.05) is 0 Å². The molecule has 0 aromatic rings. The molecule has 3 rings (SSSR count). The molecule has 1 fully saturated rings. The van der Waals surface area contributed by atoms with Crippen molar-refractivity contribution >= 4 is 5.78 Å². The Morgan fingerprint density at radius 2 is 2.00 bits per heavy atom. The van der Waals surface area contributed by atoms with Crippen molar-refractivity contribution in [1.29, 1.82) is 0 Å². The Bertz CT molecular complexity index is 288. The summed E-state index contributed by atoms with van der Waals surface area (Å²) >= 11 is 0. The second kappa shape index (κ2) is 1.99. The van der Waals surface area contributed by atoms with Gasteiger partial charge in [-0.25, -0.2) is 0 Å². The maximum Gasteiger partial charge on any atom is 0.219 e. The highest BCUT2D eigenvalue weighted by molar-refractivity contribution is 5.98. The van der Waals surface area contributed by atoms with Gasteiger partial charge in [-0.1, -0.05) is 13.8 Å². The molecule has 3 aliphatic rings. The predicted octanol–water partition coefficient (Wildman–Crippen LogP) is 0.747. The fraction of sp³-hybridized carbons (Fsp3) is 0.700. The van der Waals surface area contributed by atoms with Crippen LogP contribution in [-0.4, -0.2) is 5.78 Å². The predicted molar refractivity (Wildman–Crippen MR) is 46.0 cm³/mol. The Kier molecular flexibility index (Phi) is 1.33. The minimum atomic E-state index is 0.211. The Balaban J connectivity index is 2.48. The molecular weight excluding hydrogens is 150 g/mol. The third-order valence-electron chi connectivity index (χ3n) is 3.88. The Labute approximate surface area is 72.8 Å². The monoisotopic (exact) mass is 166 g/mol. The largest absolute Gasteiger partial charge is 0.322 e. The van der Waals surface area contributed by atoms with Gasteiger partial charge in [0.1, 0.15) is 0 Å². The van der Waals surface area contributed by atoms with Crippen LogP contribution in [0.4, 0.5) is 0 Å². The molecule has 0 aliphatic heterocycles. The normalized spacial score (nSPS) is 38.2. The first-order valence-corrected chi connectivity index (χ1v) is 4.53. The van der Waals surface area contributed by atoms with E-state index in [1.165, 1.54) is 5.57 Å². The van der Waals surface area contributed by atoms with Crippen LogP contribution in [-0.2, 0) is 4.79 Å². The summed E-state index contributed by atoms with van der Waals surface area (Å²) in [6.45, 7) is 6.45. The molecule has 1 unspecified atom stereocenters. The van der Waals surface area contributed by atoms with Gasteiger partial charge in [-0.3, -0.25) is 4.79 Å². The molecule has 0 radical (unpaired) electrons. The van der Waals surface area contributed by atoms with E-state index < -0.39 is 0 Å². The summed E-state index contributed by atoms with van der Waals surface area (Å²) in [6, 6.07) is 0. The number of allylic oxidation sites excluding steroid dienone is 2. The van der Waals surface area contributed by atoms with E-state index in [0.717, 1.165) is 12.1 Å². The van der Waals surface area contributed by atoms with E-state index in [0.29, 0.717) is 11.7 Å². The summed E-state index contributed by atoms with van der Waals surface area (Å²) in [4.78, 5) is 11.7. The van der Waals surface area contributed by atoms with Crippen LogP contribution in [0.1, 0.15) is 27.2 Å². The van der Waals surface area contributed by atoms with E-state index in [4.69, 9.17) is 0 Å². The van der Waals surface area contributed by atoms with E-state index >= 15 is 0 Å². The van der Waals surface area contributed by atoms with Crippen LogP contribution in [0.2, 0.25) is 0 Å². The van der Waals surface area contributed by atoms with Gasteiger partial charge in [-0.15, -0.1) is 0 Å². The van der Waals surface area contributed by atoms with Gasteiger partial charge in [0.2, 0.25) is 5.78 Å². The van der Waals surface area contributed by atoms with E-state index in [9.17, 15) is 4.79 Å². The maximum atomic E-state index is 11.7. The smallest absolute Gasteiger partial charge is 0.219 e. The number of carbonyl (C=O) groups is 1. The fourth-order valence-electron chi connectivity index (χ4n) is 2.72. The van der Waals surface area contributed by atoms with E-state index in [1.54, 1.807) is 0 Å². The van der Waals surface area contributed by atoms with Gasteiger partial charge in [0, 0.05) is 5.92 Å². The number of rotatable bonds is 0. The summed E-state index contributed by atoms with van der Waals surface area (Å²) in [5, 5.41) is 0. The summed E-state index contributed by atoms with van der Waals surface area (Å²) in [6.07, 6.45) is 1.07. The maximum absolute atomic E-state index is 11.7. The number of Topliss-reactive ketones (excluding diaryl/α,β-unsaturated/α-hetero) is 1. The minimum absolute atomic E-state index is 0.211. The number of ketones is 1. The first kappa shape index (κ1) is 7.99. The van der Waals surface area contributed by atoms with Gasteiger partial charge in [-0.05, 0) is 30.3 Å². The topological polar surface area (TPSA) is 44.7 Å². The average molecular weight is 166 g/mol. The third-order valence-corrected chi connectivity index (χ3v) is 3.88. The second-order valence-corrected chi connectivity index (χ2v) is 4.69. The minimum Gasteiger partial charge on any atom is -0.322 e. The van der Waals surface area contributed by atoms with Crippen LogP contribution < -0.4 is 5.73 Å². The number of quaternary nitrogens is 1. The molecule has 2 bridgehead atoms. The molecule has 66 valence electrons. The zero-order valence-corrected chi connectivity index (χ0v) is 7.98. The molecular formula is C10H16NO+. The molecule has 0 amide bonds. The van der Waals surface area contributed by atoms with Crippen molar-refractivity contribution in [3.63, 3.8) is 0 Å². The molecule has 2 atom stereocenters. The molecule has 0 heterocycles. The molecule has 1 saturated carbocycles. The second-order valence-electron chi connectivity index (χ2n) is 4.69. The first-order valence-electron chi connectivity index (χ1n) is 4.53. The lowest BCUT2D eigenvalue weighted by molar-refractivity contribution is -0.307. The summed E-state index contributed by atoms with van der Waals surface area (Å²) in [5.74, 6) is 1.17.